The lowest BCUT2D eigenvalue weighted by molar-refractivity contribution is 0.0517. The van der Waals surface area contributed by atoms with Crippen LogP contribution in [0.5, 0.6) is 10.9 Å². The molecule has 7 nitrogen and oxygen atoms in total. The van der Waals surface area contributed by atoms with Crippen LogP contribution in [-0.2, 0) is 4.74 Å². The fraction of sp³-hybridized carbons (Fsp3) is 0.200. The normalized spacial score (nSPS) is 11.5. The maximum Gasteiger partial charge on any atom is 0.294 e. The van der Waals surface area contributed by atoms with E-state index in [4.69, 9.17) is 18.6 Å². The van der Waals surface area contributed by atoms with E-state index in [2.05, 4.69) is 26.0 Å². The molecule has 4 aromatic rings. The van der Waals surface area contributed by atoms with E-state index in [9.17, 15) is 0 Å². The molecular formula is C15H12BrN3O4S. The molecule has 124 valence electrons. The number of methoxy groups -OCH3 is 2. The number of benzene rings is 1. The monoisotopic (exact) mass is 409 g/mol. The van der Waals surface area contributed by atoms with Crippen LogP contribution in [0.2, 0.25) is 0 Å². The lowest BCUT2D eigenvalue weighted by Crippen LogP contribution is -1.99. The van der Waals surface area contributed by atoms with E-state index in [0.29, 0.717) is 28.0 Å². The molecule has 9 heteroatoms. The minimum absolute atomic E-state index is 0.155. The Kier molecular flexibility index (Phi) is 3.91. The maximum absolute atomic E-state index is 5.91. The van der Waals surface area contributed by atoms with Crippen molar-refractivity contribution in [3.8, 4) is 22.4 Å². The zero-order valence-corrected chi connectivity index (χ0v) is 15.2. The van der Waals surface area contributed by atoms with Gasteiger partial charge in [0.05, 0.1) is 23.2 Å². The fourth-order valence-electron chi connectivity index (χ4n) is 2.33. The molecule has 24 heavy (non-hydrogen) atoms. The second-order valence-electron chi connectivity index (χ2n) is 4.88. The molecule has 0 amide bonds. The molecule has 0 aliphatic carbocycles. The van der Waals surface area contributed by atoms with E-state index >= 15 is 0 Å². The summed E-state index contributed by atoms with van der Waals surface area (Å²) in [6.45, 7) is 0.155. The molecular weight excluding hydrogens is 398 g/mol. The van der Waals surface area contributed by atoms with Crippen molar-refractivity contribution in [2.75, 3.05) is 21.0 Å². The average Bonchev–Trinajstić information content (AvgIpc) is 3.25. The van der Waals surface area contributed by atoms with Crippen LogP contribution in [0, 0.1) is 0 Å². The van der Waals surface area contributed by atoms with Crippen molar-refractivity contribution in [3.63, 3.8) is 0 Å². The summed E-state index contributed by atoms with van der Waals surface area (Å²) in [5.41, 5.74) is 1.41. The highest BCUT2D eigenvalue weighted by molar-refractivity contribution is 9.10. The van der Waals surface area contributed by atoms with Crippen LogP contribution in [0.1, 0.15) is 0 Å². The lowest BCUT2D eigenvalue weighted by Gasteiger charge is -2.07. The second-order valence-corrected chi connectivity index (χ2v) is 6.65. The quantitative estimate of drug-likeness (QED) is 0.464. The minimum atomic E-state index is 0.155. The summed E-state index contributed by atoms with van der Waals surface area (Å²) in [5.74, 6) is 1.31. The Hall–Kier alpha value is -2.10. The van der Waals surface area contributed by atoms with Crippen LogP contribution in [0.3, 0.4) is 0 Å². The van der Waals surface area contributed by atoms with Crippen LogP contribution in [0.15, 0.2) is 33.3 Å². The van der Waals surface area contributed by atoms with Crippen LogP contribution in [-0.4, -0.2) is 35.6 Å². The molecule has 1 aromatic carbocycles. The van der Waals surface area contributed by atoms with Crippen molar-refractivity contribution < 1.29 is 18.6 Å². The van der Waals surface area contributed by atoms with Gasteiger partial charge in [0.15, 0.2) is 12.6 Å². The minimum Gasteiger partial charge on any atom is -0.472 e. The van der Waals surface area contributed by atoms with Crippen molar-refractivity contribution >= 4 is 43.2 Å². The topological polar surface area (TPSA) is 71.0 Å². The Labute approximate surface area is 148 Å². The third kappa shape index (κ3) is 2.54. The molecule has 4 rings (SSSR count). The van der Waals surface area contributed by atoms with Gasteiger partial charge in [0, 0.05) is 7.11 Å². The van der Waals surface area contributed by atoms with E-state index in [1.54, 1.807) is 24.9 Å². The summed E-state index contributed by atoms with van der Waals surface area (Å²) < 4.78 is 24.1. The van der Waals surface area contributed by atoms with Gasteiger partial charge < -0.3 is 18.6 Å². The summed E-state index contributed by atoms with van der Waals surface area (Å²) >= 11 is 4.85. The van der Waals surface area contributed by atoms with Gasteiger partial charge in [-0.2, -0.15) is 0 Å². The Balaban J connectivity index is 1.79. The van der Waals surface area contributed by atoms with Gasteiger partial charge in [-0.15, -0.1) is 5.10 Å². The molecule has 0 saturated carbocycles. The molecule has 0 bridgehead atoms. The van der Waals surface area contributed by atoms with E-state index < -0.39 is 0 Å². The Morgan fingerprint density at radius 3 is 2.96 bits per heavy atom. The zero-order chi connectivity index (χ0) is 16.7. The van der Waals surface area contributed by atoms with Gasteiger partial charge in [-0.3, -0.25) is 0 Å². The fourth-order valence-corrected chi connectivity index (χ4v) is 3.49. The third-order valence-corrected chi connectivity index (χ3v) is 4.88. The molecule has 0 saturated heterocycles. The highest BCUT2D eigenvalue weighted by Gasteiger charge is 2.17. The summed E-state index contributed by atoms with van der Waals surface area (Å²) in [5, 5.41) is 5.67. The van der Waals surface area contributed by atoms with Gasteiger partial charge >= 0.3 is 0 Å². The Bertz CT molecular complexity index is 991. The molecule has 0 aliphatic rings. The molecule has 3 aromatic heterocycles. The molecule has 0 N–H and O–H groups in total. The van der Waals surface area contributed by atoms with Crippen molar-refractivity contribution in [3.05, 3.63) is 28.9 Å². The zero-order valence-electron chi connectivity index (χ0n) is 12.8. The average molecular weight is 410 g/mol. The van der Waals surface area contributed by atoms with E-state index in [1.807, 2.05) is 18.2 Å². The summed E-state index contributed by atoms with van der Waals surface area (Å²) in [6.07, 6.45) is 1.80. The van der Waals surface area contributed by atoms with Crippen molar-refractivity contribution in [1.82, 2.24) is 14.6 Å². The first-order valence-electron chi connectivity index (χ1n) is 6.94. The standard InChI is InChI=1S/C15H12BrN3O4S/c1-20-7-22-13-8-5-12(23-11(8)4-3-9(13)16)10-6-19-14(17-10)24-15(18-19)21-2/h3-6H,7H2,1-2H3. The number of ether oxygens (including phenoxy) is 3. The predicted molar refractivity (Wildman–Crippen MR) is 92.8 cm³/mol. The first kappa shape index (κ1) is 15.4. The number of nitrogens with zero attached hydrogens (tertiary/aromatic N) is 3. The van der Waals surface area contributed by atoms with Crippen LogP contribution < -0.4 is 9.47 Å². The molecule has 0 fully saturated rings. The smallest absolute Gasteiger partial charge is 0.294 e. The predicted octanol–water partition coefficient (Wildman–Crippen LogP) is 3.96. The van der Waals surface area contributed by atoms with Crippen molar-refractivity contribution in [1.29, 1.82) is 0 Å². The first-order chi connectivity index (χ1) is 11.7. The van der Waals surface area contributed by atoms with Crippen molar-refractivity contribution in [2.45, 2.75) is 0 Å². The van der Waals surface area contributed by atoms with E-state index in [-0.39, 0.29) is 6.79 Å². The number of fused-ring (bicyclic) bond motifs is 2. The molecule has 0 unspecified atom stereocenters. The molecule has 0 spiro atoms. The third-order valence-electron chi connectivity index (χ3n) is 3.38. The van der Waals surface area contributed by atoms with Gasteiger partial charge in [0.25, 0.3) is 5.19 Å². The summed E-state index contributed by atoms with van der Waals surface area (Å²) in [4.78, 5) is 5.26. The van der Waals surface area contributed by atoms with Gasteiger partial charge in [-0.1, -0.05) is 0 Å². The second kappa shape index (κ2) is 6.08. The summed E-state index contributed by atoms with van der Waals surface area (Å²) in [6, 6.07) is 5.65. The highest BCUT2D eigenvalue weighted by atomic mass is 79.9. The van der Waals surface area contributed by atoms with Gasteiger partial charge in [-0.25, -0.2) is 9.50 Å². The number of hydrogen-bond acceptors (Lipinski definition) is 7. The molecule has 0 atom stereocenters. The number of aromatic nitrogens is 3. The van der Waals surface area contributed by atoms with E-state index in [0.717, 1.165) is 14.8 Å². The van der Waals surface area contributed by atoms with Crippen LogP contribution >= 0.6 is 27.3 Å². The van der Waals surface area contributed by atoms with Gasteiger partial charge in [0.1, 0.15) is 17.0 Å². The Morgan fingerprint density at radius 1 is 1.33 bits per heavy atom. The van der Waals surface area contributed by atoms with E-state index in [1.165, 1.54) is 11.3 Å². The van der Waals surface area contributed by atoms with Gasteiger partial charge in [0.2, 0.25) is 4.96 Å². The summed E-state index contributed by atoms with van der Waals surface area (Å²) in [7, 11) is 3.16. The number of furan rings is 1. The largest absolute Gasteiger partial charge is 0.472 e. The number of imidazole rings is 1. The number of hydrogen-bond donors (Lipinski definition) is 0. The molecule has 0 radical (unpaired) electrons. The van der Waals surface area contributed by atoms with Gasteiger partial charge in [-0.05, 0) is 45.5 Å². The highest BCUT2D eigenvalue weighted by Crippen LogP contribution is 2.38. The Morgan fingerprint density at radius 2 is 2.21 bits per heavy atom. The maximum atomic E-state index is 5.91. The van der Waals surface area contributed by atoms with Crippen molar-refractivity contribution in [2.24, 2.45) is 0 Å². The SMILES string of the molecule is COCOc1c(Br)ccc2oc(-c3cn4nc(OC)sc4n3)cc12. The number of rotatable bonds is 5. The number of halogens is 1. The lowest BCUT2D eigenvalue weighted by atomic mass is 10.2. The first-order valence-corrected chi connectivity index (χ1v) is 8.55. The van der Waals surface area contributed by atoms with Crippen LogP contribution in [0.4, 0.5) is 0 Å². The van der Waals surface area contributed by atoms with Crippen LogP contribution in [0.25, 0.3) is 27.4 Å². The molecule has 0 aliphatic heterocycles. The molecule has 3 heterocycles.